The third-order valence-electron chi connectivity index (χ3n) is 4.62. The number of nitrogens with zero attached hydrogens (tertiary/aromatic N) is 4. The van der Waals surface area contributed by atoms with Gasteiger partial charge < -0.3 is 10.6 Å². The van der Waals surface area contributed by atoms with Crippen LogP contribution in [0.2, 0.25) is 0 Å². The predicted molar refractivity (Wildman–Crippen MR) is 116 cm³/mol. The third kappa shape index (κ3) is 5.20. The van der Waals surface area contributed by atoms with Gasteiger partial charge in [0, 0.05) is 12.5 Å². The fraction of sp³-hybridized carbons (Fsp3) is 0.444. The van der Waals surface area contributed by atoms with Crippen molar-refractivity contribution in [2.24, 2.45) is 0 Å². The molecule has 152 valence electrons. The number of carbonyl (C=O) groups is 1. The standard InChI is InChI=1S/C18H22N6OS.2ClH/c1-12(10-17-21-14-4-2-3-5-16(14)26-17)20-18(25)15-11-24(23-22-15)13-6-8-19-9-7-13;;/h2-5,11-13,19H,6-10H2,1H3,(H,20,25);2*1H. The van der Waals surface area contributed by atoms with Crippen LogP contribution in [-0.2, 0) is 6.42 Å². The summed E-state index contributed by atoms with van der Waals surface area (Å²) in [7, 11) is 0. The van der Waals surface area contributed by atoms with Crippen molar-refractivity contribution in [3.8, 4) is 0 Å². The number of para-hydroxylation sites is 1. The summed E-state index contributed by atoms with van der Waals surface area (Å²) in [4.78, 5) is 17.1. The molecule has 10 heteroatoms. The maximum atomic E-state index is 12.5. The summed E-state index contributed by atoms with van der Waals surface area (Å²) in [6.45, 7) is 3.94. The number of piperidine rings is 1. The van der Waals surface area contributed by atoms with Crippen molar-refractivity contribution in [1.29, 1.82) is 0 Å². The van der Waals surface area contributed by atoms with Gasteiger partial charge in [-0.2, -0.15) is 0 Å². The van der Waals surface area contributed by atoms with Crippen LogP contribution in [0.4, 0.5) is 0 Å². The number of nitrogens with one attached hydrogen (secondary N) is 2. The van der Waals surface area contributed by atoms with E-state index in [1.54, 1.807) is 17.5 Å². The van der Waals surface area contributed by atoms with Crippen molar-refractivity contribution in [1.82, 2.24) is 30.6 Å². The molecule has 1 atom stereocenters. The Hall–Kier alpha value is -1.74. The molecule has 1 unspecified atom stereocenters. The van der Waals surface area contributed by atoms with E-state index in [9.17, 15) is 4.79 Å². The lowest BCUT2D eigenvalue weighted by molar-refractivity contribution is 0.0935. The van der Waals surface area contributed by atoms with Gasteiger partial charge >= 0.3 is 0 Å². The number of hydrogen-bond acceptors (Lipinski definition) is 6. The Morgan fingerprint density at radius 3 is 2.82 bits per heavy atom. The minimum Gasteiger partial charge on any atom is -0.348 e. The van der Waals surface area contributed by atoms with Gasteiger partial charge in [0.05, 0.1) is 27.5 Å². The Morgan fingerprint density at radius 1 is 1.32 bits per heavy atom. The molecule has 28 heavy (non-hydrogen) atoms. The van der Waals surface area contributed by atoms with Crippen molar-refractivity contribution in [3.05, 3.63) is 41.2 Å². The number of rotatable bonds is 5. The molecule has 0 radical (unpaired) electrons. The molecule has 1 aliphatic rings. The number of aromatic nitrogens is 4. The highest BCUT2D eigenvalue weighted by Gasteiger charge is 2.20. The van der Waals surface area contributed by atoms with E-state index >= 15 is 0 Å². The van der Waals surface area contributed by atoms with Crippen molar-refractivity contribution < 1.29 is 4.79 Å². The van der Waals surface area contributed by atoms with E-state index in [0.717, 1.165) is 36.5 Å². The van der Waals surface area contributed by atoms with Gasteiger partial charge in [-0.3, -0.25) is 4.79 Å². The lowest BCUT2D eigenvalue weighted by atomic mass is 10.1. The molecule has 3 aromatic rings. The lowest BCUT2D eigenvalue weighted by Gasteiger charge is -2.22. The van der Waals surface area contributed by atoms with Gasteiger partial charge in [0.2, 0.25) is 0 Å². The minimum absolute atomic E-state index is 0. The molecule has 1 saturated heterocycles. The third-order valence-corrected chi connectivity index (χ3v) is 5.68. The molecule has 1 aliphatic heterocycles. The van der Waals surface area contributed by atoms with Crippen LogP contribution in [0.5, 0.6) is 0 Å². The molecule has 0 bridgehead atoms. The second-order valence-corrected chi connectivity index (χ2v) is 7.83. The average molecular weight is 443 g/mol. The van der Waals surface area contributed by atoms with Crippen LogP contribution < -0.4 is 10.6 Å². The number of halogens is 2. The van der Waals surface area contributed by atoms with E-state index in [1.807, 2.05) is 29.8 Å². The molecule has 0 aliphatic carbocycles. The molecule has 1 amide bonds. The molecule has 1 aromatic carbocycles. The smallest absolute Gasteiger partial charge is 0.273 e. The quantitative estimate of drug-likeness (QED) is 0.634. The first-order valence-electron chi connectivity index (χ1n) is 8.97. The Morgan fingerprint density at radius 2 is 2.07 bits per heavy atom. The maximum absolute atomic E-state index is 12.5. The number of hydrogen-bond donors (Lipinski definition) is 2. The number of carbonyl (C=O) groups excluding carboxylic acids is 1. The lowest BCUT2D eigenvalue weighted by Crippen LogP contribution is -2.34. The first kappa shape index (κ1) is 22.5. The summed E-state index contributed by atoms with van der Waals surface area (Å²) in [5, 5.41) is 15.6. The van der Waals surface area contributed by atoms with E-state index in [-0.39, 0.29) is 36.8 Å². The largest absolute Gasteiger partial charge is 0.348 e. The van der Waals surface area contributed by atoms with Gasteiger partial charge in [-0.1, -0.05) is 17.3 Å². The predicted octanol–water partition coefficient (Wildman–Crippen LogP) is 3.02. The monoisotopic (exact) mass is 442 g/mol. The zero-order chi connectivity index (χ0) is 17.9. The second kappa shape index (κ2) is 10.2. The number of amides is 1. The van der Waals surface area contributed by atoms with Gasteiger partial charge in [0.25, 0.3) is 5.91 Å². The van der Waals surface area contributed by atoms with Crippen LogP contribution in [0.25, 0.3) is 10.2 Å². The molecule has 2 aromatic heterocycles. The molecule has 3 heterocycles. The van der Waals surface area contributed by atoms with Crippen molar-refractivity contribution >= 4 is 52.3 Å². The van der Waals surface area contributed by atoms with E-state index in [1.165, 1.54) is 4.70 Å². The topological polar surface area (TPSA) is 84.7 Å². The Labute approximate surface area is 180 Å². The van der Waals surface area contributed by atoms with Crippen LogP contribution in [0.1, 0.15) is 41.3 Å². The number of benzene rings is 1. The molecule has 0 spiro atoms. The van der Waals surface area contributed by atoms with E-state index in [0.29, 0.717) is 18.2 Å². The van der Waals surface area contributed by atoms with E-state index in [4.69, 9.17) is 0 Å². The van der Waals surface area contributed by atoms with Crippen molar-refractivity contribution in [2.75, 3.05) is 13.1 Å². The number of thiazole rings is 1. The molecule has 4 rings (SSSR count). The Kier molecular flexibility index (Phi) is 8.18. The first-order chi connectivity index (χ1) is 12.7. The fourth-order valence-corrected chi connectivity index (χ4v) is 4.34. The average Bonchev–Trinajstić information content (AvgIpc) is 3.29. The Balaban J connectivity index is 0.00000140. The fourth-order valence-electron chi connectivity index (χ4n) is 3.25. The summed E-state index contributed by atoms with van der Waals surface area (Å²) in [5.74, 6) is -0.182. The zero-order valence-electron chi connectivity index (χ0n) is 15.5. The van der Waals surface area contributed by atoms with Crippen molar-refractivity contribution in [2.45, 2.75) is 38.3 Å². The minimum atomic E-state index is -0.182. The molecule has 2 N–H and O–H groups in total. The highest BCUT2D eigenvalue weighted by atomic mass is 35.5. The Bertz CT molecular complexity index is 875. The molecule has 0 saturated carbocycles. The van der Waals surface area contributed by atoms with Crippen LogP contribution in [0, 0.1) is 0 Å². The molecule has 1 fully saturated rings. The first-order valence-corrected chi connectivity index (χ1v) is 9.78. The summed E-state index contributed by atoms with van der Waals surface area (Å²) >= 11 is 1.67. The van der Waals surface area contributed by atoms with Gasteiger partial charge in [0.1, 0.15) is 0 Å². The van der Waals surface area contributed by atoms with E-state index in [2.05, 4.69) is 32.0 Å². The molecular weight excluding hydrogens is 419 g/mol. The molecular formula is C18H24Cl2N6OS. The summed E-state index contributed by atoms with van der Waals surface area (Å²) in [6, 6.07) is 8.39. The summed E-state index contributed by atoms with van der Waals surface area (Å²) in [5.41, 5.74) is 1.38. The van der Waals surface area contributed by atoms with Gasteiger partial charge in [-0.25, -0.2) is 9.67 Å². The summed E-state index contributed by atoms with van der Waals surface area (Å²) in [6.07, 6.45) is 4.49. The van der Waals surface area contributed by atoms with Crippen LogP contribution in [0.15, 0.2) is 30.5 Å². The van der Waals surface area contributed by atoms with Gasteiger partial charge in [-0.15, -0.1) is 41.2 Å². The highest BCUT2D eigenvalue weighted by molar-refractivity contribution is 7.18. The maximum Gasteiger partial charge on any atom is 0.273 e. The second-order valence-electron chi connectivity index (χ2n) is 6.72. The highest BCUT2D eigenvalue weighted by Crippen LogP contribution is 2.22. The van der Waals surface area contributed by atoms with Gasteiger partial charge in [-0.05, 0) is 45.0 Å². The van der Waals surface area contributed by atoms with Crippen molar-refractivity contribution in [3.63, 3.8) is 0 Å². The van der Waals surface area contributed by atoms with Crippen LogP contribution in [-0.4, -0.2) is 45.0 Å². The normalized spacial score (nSPS) is 15.5. The van der Waals surface area contributed by atoms with Crippen LogP contribution in [0.3, 0.4) is 0 Å². The SMILES string of the molecule is CC(Cc1nc2ccccc2s1)NC(=O)c1cn(C2CCNCC2)nn1.Cl.Cl. The zero-order valence-corrected chi connectivity index (χ0v) is 17.9. The summed E-state index contributed by atoms with van der Waals surface area (Å²) < 4.78 is 3.00. The van der Waals surface area contributed by atoms with Crippen LogP contribution >= 0.6 is 36.2 Å². The van der Waals surface area contributed by atoms with E-state index < -0.39 is 0 Å². The molecule has 7 nitrogen and oxygen atoms in total. The van der Waals surface area contributed by atoms with Gasteiger partial charge in [0.15, 0.2) is 5.69 Å². The number of fused-ring (bicyclic) bond motifs is 1.